The molecule has 6 nitrogen and oxygen atoms in total. The third kappa shape index (κ3) is 3.13. The van der Waals surface area contributed by atoms with Gasteiger partial charge in [-0.05, 0) is 31.9 Å². The molecular formula is C15H19FN4O2S. The summed E-state index contributed by atoms with van der Waals surface area (Å²) in [5.74, 6) is 0.459. The Bertz CT molecular complexity index is 774. The van der Waals surface area contributed by atoms with Crippen LogP contribution in [0.4, 0.5) is 4.39 Å². The zero-order chi connectivity index (χ0) is 16.6. The molecule has 2 aromatic rings. The fourth-order valence-corrected chi connectivity index (χ4v) is 4.30. The van der Waals surface area contributed by atoms with E-state index in [9.17, 15) is 12.8 Å². The van der Waals surface area contributed by atoms with Gasteiger partial charge in [0.1, 0.15) is 11.6 Å². The summed E-state index contributed by atoms with van der Waals surface area (Å²) in [4.78, 5) is 8.23. The van der Waals surface area contributed by atoms with Crippen LogP contribution in [0.25, 0.3) is 0 Å². The number of hydrogen-bond donors (Lipinski definition) is 0. The van der Waals surface area contributed by atoms with Gasteiger partial charge in [0.05, 0.1) is 6.20 Å². The smallest absolute Gasteiger partial charge is 0.262 e. The summed E-state index contributed by atoms with van der Waals surface area (Å²) in [7, 11) is -1.78. The second-order valence-corrected chi connectivity index (χ2v) is 7.70. The molecular weight excluding hydrogens is 319 g/mol. The van der Waals surface area contributed by atoms with Crippen LogP contribution in [0.5, 0.6) is 0 Å². The van der Waals surface area contributed by atoms with E-state index in [4.69, 9.17) is 0 Å². The molecule has 1 aliphatic rings. The first-order valence-electron chi connectivity index (χ1n) is 7.49. The molecule has 0 spiro atoms. The number of aryl methyl sites for hydroxylation is 2. The number of rotatable bonds is 3. The molecule has 2 aromatic heterocycles. The predicted molar refractivity (Wildman–Crippen MR) is 82.9 cm³/mol. The third-order valence-corrected chi connectivity index (χ3v) is 6.08. The molecule has 3 heterocycles. The molecule has 1 aliphatic heterocycles. The van der Waals surface area contributed by atoms with Crippen molar-refractivity contribution < 1.29 is 12.8 Å². The van der Waals surface area contributed by atoms with Crippen LogP contribution >= 0.6 is 0 Å². The number of piperidine rings is 1. The summed E-state index contributed by atoms with van der Waals surface area (Å²) in [6, 6.07) is 3.06. The molecule has 0 saturated carbocycles. The fourth-order valence-electron chi connectivity index (χ4n) is 2.80. The van der Waals surface area contributed by atoms with Crippen molar-refractivity contribution in [2.45, 2.75) is 30.7 Å². The highest BCUT2D eigenvalue weighted by atomic mass is 32.2. The average molecular weight is 338 g/mol. The van der Waals surface area contributed by atoms with Gasteiger partial charge < -0.3 is 4.57 Å². The van der Waals surface area contributed by atoms with Crippen molar-refractivity contribution in [2.75, 3.05) is 13.1 Å². The van der Waals surface area contributed by atoms with Crippen LogP contribution in [0.15, 0.2) is 29.6 Å². The third-order valence-electron chi connectivity index (χ3n) is 4.31. The molecule has 8 heteroatoms. The van der Waals surface area contributed by atoms with Crippen molar-refractivity contribution in [1.29, 1.82) is 0 Å². The van der Waals surface area contributed by atoms with E-state index in [1.165, 1.54) is 22.8 Å². The van der Waals surface area contributed by atoms with Crippen molar-refractivity contribution in [1.82, 2.24) is 18.8 Å². The lowest BCUT2D eigenvalue weighted by Gasteiger charge is -2.30. The van der Waals surface area contributed by atoms with Crippen LogP contribution < -0.4 is 0 Å². The summed E-state index contributed by atoms with van der Waals surface area (Å²) in [6.45, 7) is 2.61. The lowest BCUT2D eigenvalue weighted by molar-refractivity contribution is 0.315. The Kier molecular flexibility index (Phi) is 4.20. The SMILES string of the molecule is Cc1nc(S(=O)(=O)N2CCC(c3ccc(F)cn3)CC2)cn1C. The molecule has 1 saturated heterocycles. The van der Waals surface area contributed by atoms with Gasteiger partial charge in [0.2, 0.25) is 0 Å². The number of sulfonamides is 1. The molecule has 23 heavy (non-hydrogen) atoms. The minimum absolute atomic E-state index is 0.0934. The van der Waals surface area contributed by atoms with Crippen molar-refractivity contribution in [3.05, 3.63) is 41.9 Å². The Morgan fingerprint density at radius 2 is 1.96 bits per heavy atom. The summed E-state index contributed by atoms with van der Waals surface area (Å²) in [5, 5.41) is 0.0934. The van der Waals surface area contributed by atoms with Gasteiger partial charge in [0.25, 0.3) is 10.0 Å². The zero-order valence-electron chi connectivity index (χ0n) is 13.1. The highest BCUT2D eigenvalue weighted by Gasteiger charge is 2.32. The number of pyridine rings is 1. The largest absolute Gasteiger partial charge is 0.337 e. The Morgan fingerprint density at radius 3 is 2.48 bits per heavy atom. The maximum absolute atomic E-state index is 12.9. The molecule has 0 aromatic carbocycles. The number of halogens is 1. The predicted octanol–water partition coefficient (Wildman–Crippen LogP) is 1.83. The van der Waals surface area contributed by atoms with E-state index in [-0.39, 0.29) is 16.8 Å². The summed E-state index contributed by atoms with van der Waals surface area (Å²) < 4.78 is 41.4. The maximum Gasteiger partial charge on any atom is 0.262 e. The summed E-state index contributed by atoms with van der Waals surface area (Å²) in [6.07, 6.45) is 4.08. The van der Waals surface area contributed by atoms with Crippen LogP contribution in [-0.2, 0) is 17.1 Å². The van der Waals surface area contributed by atoms with E-state index in [1.807, 2.05) is 0 Å². The molecule has 0 bridgehead atoms. The lowest BCUT2D eigenvalue weighted by Crippen LogP contribution is -2.38. The van der Waals surface area contributed by atoms with Gasteiger partial charge in [-0.15, -0.1) is 0 Å². The number of hydrogen-bond acceptors (Lipinski definition) is 4. The molecule has 124 valence electrons. The van der Waals surface area contributed by atoms with E-state index in [0.717, 1.165) is 5.69 Å². The fraction of sp³-hybridized carbons (Fsp3) is 0.467. The molecule has 0 unspecified atom stereocenters. The summed E-state index contributed by atoms with van der Waals surface area (Å²) >= 11 is 0. The lowest BCUT2D eigenvalue weighted by atomic mass is 9.94. The van der Waals surface area contributed by atoms with Crippen molar-refractivity contribution in [3.63, 3.8) is 0 Å². The Balaban J connectivity index is 1.72. The van der Waals surface area contributed by atoms with Crippen molar-refractivity contribution >= 4 is 10.0 Å². The molecule has 3 rings (SSSR count). The highest BCUT2D eigenvalue weighted by Crippen LogP contribution is 2.29. The Labute approximate surface area is 135 Å². The molecule has 0 amide bonds. The molecule has 0 radical (unpaired) electrons. The molecule has 0 atom stereocenters. The second-order valence-electron chi connectivity index (χ2n) is 5.82. The first-order valence-corrected chi connectivity index (χ1v) is 8.93. The molecule has 1 fully saturated rings. The quantitative estimate of drug-likeness (QED) is 0.856. The van der Waals surface area contributed by atoms with Crippen LogP contribution in [-0.4, -0.2) is 40.3 Å². The van der Waals surface area contributed by atoms with E-state index in [2.05, 4.69) is 9.97 Å². The van der Waals surface area contributed by atoms with Gasteiger partial charge in [0.15, 0.2) is 5.03 Å². The van der Waals surface area contributed by atoms with Crippen LogP contribution in [0.2, 0.25) is 0 Å². The zero-order valence-corrected chi connectivity index (χ0v) is 13.9. The van der Waals surface area contributed by atoms with Gasteiger partial charge in [-0.2, -0.15) is 4.31 Å². The monoisotopic (exact) mass is 338 g/mol. The minimum Gasteiger partial charge on any atom is -0.337 e. The average Bonchev–Trinajstić information content (AvgIpc) is 2.88. The standard InChI is InChI=1S/C15H19FN4O2S/c1-11-18-15(10-19(11)2)23(21,22)20-7-5-12(6-8-20)14-4-3-13(16)9-17-14/h3-4,9-10,12H,5-8H2,1-2H3. The van der Waals surface area contributed by atoms with Crippen molar-refractivity contribution in [3.8, 4) is 0 Å². The van der Waals surface area contributed by atoms with Gasteiger partial charge in [-0.25, -0.2) is 17.8 Å². The van der Waals surface area contributed by atoms with Crippen LogP contribution in [0.1, 0.15) is 30.3 Å². The highest BCUT2D eigenvalue weighted by molar-refractivity contribution is 7.89. The summed E-state index contributed by atoms with van der Waals surface area (Å²) in [5.41, 5.74) is 0.817. The maximum atomic E-state index is 12.9. The van der Waals surface area contributed by atoms with E-state index in [0.29, 0.717) is 31.8 Å². The van der Waals surface area contributed by atoms with Crippen LogP contribution in [0, 0.1) is 12.7 Å². The molecule has 0 aliphatic carbocycles. The van der Waals surface area contributed by atoms with E-state index in [1.54, 1.807) is 24.6 Å². The van der Waals surface area contributed by atoms with Crippen molar-refractivity contribution in [2.24, 2.45) is 7.05 Å². The number of aromatic nitrogens is 3. The second kappa shape index (κ2) is 6.01. The first-order chi connectivity index (χ1) is 10.9. The van der Waals surface area contributed by atoms with E-state index < -0.39 is 10.0 Å². The normalized spacial score (nSPS) is 17.5. The topological polar surface area (TPSA) is 68.1 Å². The number of imidazole rings is 1. The number of nitrogens with zero attached hydrogens (tertiary/aromatic N) is 4. The first kappa shape index (κ1) is 16.1. The van der Waals surface area contributed by atoms with Gasteiger partial charge in [0, 0.05) is 37.9 Å². The Morgan fingerprint density at radius 1 is 1.26 bits per heavy atom. The minimum atomic E-state index is -3.56. The van der Waals surface area contributed by atoms with Crippen LogP contribution in [0.3, 0.4) is 0 Å². The van der Waals surface area contributed by atoms with Gasteiger partial charge in [-0.1, -0.05) is 0 Å². The molecule has 0 N–H and O–H groups in total. The van der Waals surface area contributed by atoms with Gasteiger partial charge in [-0.3, -0.25) is 4.98 Å². The van der Waals surface area contributed by atoms with E-state index >= 15 is 0 Å². The Hall–Kier alpha value is -1.80. The van der Waals surface area contributed by atoms with Gasteiger partial charge >= 0.3 is 0 Å².